The van der Waals surface area contributed by atoms with Crippen LogP contribution in [0.15, 0.2) is 36.8 Å². The summed E-state index contributed by atoms with van der Waals surface area (Å²) in [7, 11) is 0. The SMILES string of the molecule is Cc1cnc([C@@H](C)NC(=O)c2cc(OCC3CCOCC3)cc(-c3ncc(C)s3)c2)cn1. The van der Waals surface area contributed by atoms with Crippen LogP contribution in [-0.2, 0) is 4.74 Å². The van der Waals surface area contributed by atoms with Crippen LogP contribution >= 0.6 is 11.3 Å². The maximum atomic E-state index is 13.1. The molecule has 1 aliphatic heterocycles. The number of carbonyl (C=O) groups is 1. The summed E-state index contributed by atoms with van der Waals surface area (Å²) in [5.74, 6) is 0.951. The summed E-state index contributed by atoms with van der Waals surface area (Å²) in [6.07, 6.45) is 7.22. The average Bonchev–Trinajstić information content (AvgIpc) is 3.25. The molecule has 3 heterocycles. The molecule has 1 aromatic carbocycles. The summed E-state index contributed by atoms with van der Waals surface area (Å²) >= 11 is 1.60. The second kappa shape index (κ2) is 10.2. The van der Waals surface area contributed by atoms with Gasteiger partial charge in [-0.25, -0.2) is 4.98 Å². The van der Waals surface area contributed by atoms with E-state index in [4.69, 9.17) is 9.47 Å². The minimum atomic E-state index is -0.270. The molecule has 0 aliphatic carbocycles. The molecule has 0 saturated carbocycles. The Morgan fingerprint density at radius 3 is 2.66 bits per heavy atom. The molecule has 1 amide bonds. The van der Waals surface area contributed by atoms with E-state index in [0.717, 1.165) is 47.2 Å². The van der Waals surface area contributed by atoms with Crippen molar-refractivity contribution in [2.45, 2.75) is 39.7 Å². The zero-order valence-electron chi connectivity index (χ0n) is 18.6. The third-order valence-electron chi connectivity index (χ3n) is 5.46. The molecule has 1 fully saturated rings. The summed E-state index contributed by atoms with van der Waals surface area (Å²) in [4.78, 5) is 27.3. The fraction of sp³-hybridized carbons (Fsp3) is 0.417. The van der Waals surface area contributed by atoms with Crippen molar-refractivity contribution in [3.8, 4) is 16.3 Å². The topological polar surface area (TPSA) is 86.2 Å². The fourth-order valence-corrected chi connectivity index (χ4v) is 4.28. The Morgan fingerprint density at radius 1 is 1.16 bits per heavy atom. The lowest BCUT2D eigenvalue weighted by Gasteiger charge is -2.22. The molecule has 1 aliphatic rings. The van der Waals surface area contributed by atoms with Crippen LogP contribution in [0.4, 0.5) is 0 Å². The van der Waals surface area contributed by atoms with E-state index < -0.39 is 0 Å². The van der Waals surface area contributed by atoms with Crippen molar-refractivity contribution in [3.05, 3.63) is 58.6 Å². The van der Waals surface area contributed by atoms with Crippen LogP contribution in [0.3, 0.4) is 0 Å². The summed E-state index contributed by atoms with van der Waals surface area (Å²) in [5, 5.41) is 3.88. The van der Waals surface area contributed by atoms with Gasteiger partial charge in [0.15, 0.2) is 0 Å². The van der Waals surface area contributed by atoms with Gasteiger partial charge in [-0.2, -0.15) is 0 Å². The molecule has 8 heteroatoms. The lowest BCUT2D eigenvalue weighted by molar-refractivity contribution is 0.0497. The van der Waals surface area contributed by atoms with Gasteiger partial charge in [-0.15, -0.1) is 11.3 Å². The van der Waals surface area contributed by atoms with Gasteiger partial charge in [0, 0.05) is 41.6 Å². The number of amides is 1. The van der Waals surface area contributed by atoms with Gasteiger partial charge in [0.25, 0.3) is 5.91 Å². The van der Waals surface area contributed by atoms with Crippen molar-refractivity contribution in [2.24, 2.45) is 5.92 Å². The van der Waals surface area contributed by atoms with Crippen LogP contribution in [0.2, 0.25) is 0 Å². The highest BCUT2D eigenvalue weighted by Gasteiger charge is 2.18. The maximum Gasteiger partial charge on any atom is 0.251 e. The van der Waals surface area contributed by atoms with Gasteiger partial charge in [0.1, 0.15) is 10.8 Å². The molecule has 0 unspecified atom stereocenters. The number of hydrogen-bond donors (Lipinski definition) is 1. The number of benzene rings is 1. The Kier molecular flexibility index (Phi) is 7.12. The number of aromatic nitrogens is 3. The molecule has 1 saturated heterocycles. The van der Waals surface area contributed by atoms with Crippen molar-refractivity contribution >= 4 is 17.2 Å². The van der Waals surface area contributed by atoms with E-state index in [1.165, 1.54) is 0 Å². The van der Waals surface area contributed by atoms with Crippen LogP contribution in [0.25, 0.3) is 10.6 Å². The summed E-state index contributed by atoms with van der Waals surface area (Å²) in [5.41, 5.74) is 2.96. The highest BCUT2D eigenvalue weighted by atomic mass is 32.1. The highest BCUT2D eigenvalue weighted by molar-refractivity contribution is 7.14. The summed E-state index contributed by atoms with van der Waals surface area (Å²) in [6, 6.07) is 5.35. The van der Waals surface area contributed by atoms with Gasteiger partial charge in [0.05, 0.1) is 30.2 Å². The number of hydrogen-bond acceptors (Lipinski definition) is 7. The molecule has 4 rings (SSSR count). The number of nitrogens with zero attached hydrogens (tertiary/aromatic N) is 3. The molecule has 3 aromatic rings. The second-order valence-corrected chi connectivity index (χ2v) is 9.40. The molecule has 2 aromatic heterocycles. The predicted molar refractivity (Wildman–Crippen MR) is 124 cm³/mol. The number of nitrogens with one attached hydrogen (secondary N) is 1. The normalized spacial score (nSPS) is 15.3. The Hall–Kier alpha value is -2.84. The quantitative estimate of drug-likeness (QED) is 0.567. The number of ether oxygens (including phenoxy) is 2. The zero-order valence-corrected chi connectivity index (χ0v) is 19.4. The van der Waals surface area contributed by atoms with Crippen molar-refractivity contribution in [2.75, 3.05) is 19.8 Å². The lowest BCUT2D eigenvalue weighted by Crippen LogP contribution is -2.27. The zero-order chi connectivity index (χ0) is 22.5. The van der Waals surface area contributed by atoms with E-state index in [1.54, 1.807) is 29.8 Å². The number of thiazole rings is 1. The van der Waals surface area contributed by atoms with E-state index in [2.05, 4.69) is 20.3 Å². The Bertz CT molecular complexity index is 1060. The molecular weight excluding hydrogens is 424 g/mol. The lowest BCUT2D eigenvalue weighted by atomic mass is 10.0. The molecule has 1 atom stereocenters. The summed E-state index contributed by atoms with van der Waals surface area (Å²) < 4.78 is 11.6. The van der Waals surface area contributed by atoms with E-state index >= 15 is 0 Å². The Balaban J connectivity index is 1.54. The molecule has 0 spiro atoms. The van der Waals surface area contributed by atoms with Crippen LogP contribution in [0.1, 0.15) is 52.4 Å². The molecular formula is C24H28N4O3S. The van der Waals surface area contributed by atoms with Gasteiger partial charge >= 0.3 is 0 Å². The molecule has 0 bridgehead atoms. The van der Waals surface area contributed by atoms with Crippen molar-refractivity contribution in [1.29, 1.82) is 0 Å². The first-order valence-electron chi connectivity index (χ1n) is 10.9. The van der Waals surface area contributed by atoms with E-state index in [1.807, 2.05) is 39.1 Å². The summed E-state index contributed by atoms with van der Waals surface area (Å²) in [6.45, 7) is 7.96. The van der Waals surface area contributed by atoms with E-state index in [-0.39, 0.29) is 11.9 Å². The van der Waals surface area contributed by atoms with Gasteiger partial charge in [0.2, 0.25) is 0 Å². The molecule has 32 heavy (non-hydrogen) atoms. The second-order valence-electron chi connectivity index (χ2n) is 8.17. The predicted octanol–water partition coefficient (Wildman–Crippen LogP) is 4.51. The highest BCUT2D eigenvalue weighted by Crippen LogP contribution is 2.30. The molecule has 168 valence electrons. The first-order chi connectivity index (χ1) is 15.5. The first kappa shape index (κ1) is 22.4. The van der Waals surface area contributed by atoms with Crippen LogP contribution in [0, 0.1) is 19.8 Å². The third kappa shape index (κ3) is 5.69. The van der Waals surface area contributed by atoms with Gasteiger partial charge in [-0.3, -0.25) is 14.8 Å². The fourth-order valence-electron chi connectivity index (χ4n) is 3.53. The number of carbonyl (C=O) groups excluding carboxylic acids is 1. The molecule has 0 radical (unpaired) electrons. The minimum Gasteiger partial charge on any atom is -0.493 e. The van der Waals surface area contributed by atoms with Crippen LogP contribution < -0.4 is 10.1 Å². The monoisotopic (exact) mass is 452 g/mol. The van der Waals surface area contributed by atoms with Crippen LogP contribution in [-0.4, -0.2) is 40.7 Å². The third-order valence-corrected chi connectivity index (χ3v) is 6.42. The van der Waals surface area contributed by atoms with Crippen molar-refractivity contribution in [1.82, 2.24) is 20.3 Å². The number of aryl methyl sites for hydroxylation is 2. The van der Waals surface area contributed by atoms with E-state index in [9.17, 15) is 4.79 Å². The Morgan fingerprint density at radius 2 is 1.97 bits per heavy atom. The standard InChI is InChI=1S/C24H28N4O3S/c1-15-11-26-22(13-25-15)17(3)28-23(29)19-8-20(24-27-12-16(2)32-24)10-21(9-19)31-14-18-4-6-30-7-5-18/h8-13,17-18H,4-7,14H2,1-3H3,(H,28,29)/t17-/m1/s1. The Labute approximate surface area is 192 Å². The average molecular weight is 453 g/mol. The maximum absolute atomic E-state index is 13.1. The smallest absolute Gasteiger partial charge is 0.251 e. The van der Waals surface area contributed by atoms with Gasteiger partial charge in [-0.1, -0.05) is 0 Å². The van der Waals surface area contributed by atoms with Gasteiger partial charge < -0.3 is 14.8 Å². The van der Waals surface area contributed by atoms with Gasteiger partial charge in [-0.05, 0) is 57.7 Å². The van der Waals surface area contributed by atoms with Crippen molar-refractivity contribution < 1.29 is 14.3 Å². The molecule has 7 nitrogen and oxygen atoms in total. The van der Waals surface area contributed by atoms with Crippen molar-refractivity contribution in [3.63, 3.8) is 0 Å². The minimum absolute atomic E-state index is 0.189. The van der Waals surface area contributed by atoms with E-state index in [0.29, 0.717) is 29.5 Å². The molecule has 1 N–H and O–H groups in total. The number of rotatable bonds is 7. The first-order valence-corrected chi connectivity index (χ1v) is 11.7. The van der Waals surface area contributed by atoms with Crippen LogP contribution in [0.5, 0.6) is 5.75 Å². The largest absolute Gasteiger partial charge is 0.493 e.